The van der Waals surface area contributed by atoms with Gasteiger partial charge in [-0.2, -0.15) is 12.1 Å². The van der Waals surface area contributed by atoms with Crippen LogP contribution in [-0.2, 0) is 39.3 Å². The summed E-state index contributed by atoms with van der Waals surface area (Å²) in [5.74, 6) is -0.372. The van der Waals surface area contributed by atoms with Gasteiger partial charge in [-0.15, -0.1) is 0 Å². The van der Waals surface area contributed by atoms with Crippen molar-refractivity contribution in [2.75, 3.05) is 0 Å². The summed E-state index contributed by atoms with van der Waals surface area (Å²) >= 11 is 3.30. The van der Waals surface area contributed by atoms with E-state index in [1.165, 1.54) is 22.8 Å². The van der Waals surface area contributed by atoms with E-state index in [0.29, 0.717) is 22.3 Å². The molecule has 91 valence electrons. The minimum absolute atomic E-state index is 0. The summed E-state index contributed by atoms with van der Waals surface area (Å²) in [4.78, 5) is 11.7. The molecule has 0 fully saturated rings. The largest absolute Gasteiger partial charge is 0.342 e. The monoisotopic (exact) mass is 383 g/mol. The molecule has 1 heterocycles. The van der Waals surface area contributed by atoms with Crippen LogP contribution in [0.15, 0.2) is 39.6 Å². The van der Waals surface area contributed by atoms with E-state index in [-0.39, 0.29) is 44.1 Å². The predicted molar refractivity (Wildman–Crippen MR) is 68.3 cm³/mol. The van der Waals surface area contributed by atoms with Gasteiger partial charge in [-0.05, 0) is 17.5 Å². The molecule has 0 spiro atoms. The third-order valence-electron chi connectivity index (χ3n) is 2.50. The Bertz CT molecular complexity index is 592. The molecule has 1 aromatic carbocycles. The van der Waals surface area contributed by atoms with Gasteiger partial charge in [-0.3, -0.25) is 4.79 Å². The predicted octanol–water partition coefficient (Wildman–Crippen LogP) is 3.23. The number of aromatic nitrogens is 1. The van der Waals surface area contributed by atoms with Crippen LogP contribution in [0.3, 0.4) is 0 Å². The zero-order valence-electron chi connectivity index (χ0n) is 9.78. The van der Waals surface area contributed by atoms with Crippen LogP contribution < -0.4 is 5.56 Å². The van der Waals surface area contributed by atoms with E-state index in [2.05, 4.69) is 22.0 Å². The number of rotatable bonds is 2. The van der Waals surface area contributed by atoms with Gasteiger partial charge < -0.3 is 4.57 Å². The fourth-order valence-corrected chi connectivity index (χ4v) is 2.24. The van der Waals surface area contributed by atoms with Crippen LogP contribution in [0.1, 0.15) is 6.92 Å². The molecule has 0 unspecified atom stereocenters. The van der Waals surface area contributed by atoms with Gasteiger partial charge in [0.2, 0.25) is 0 Å². The van der Waals surface area contributed by atoms with E-state index in [0.717, 1.165) is 0 Å². The van der Waals surface area contributed by atoms with Crippen molar-refractivity contribution in [2.45, 2.75) is 13.5 Å². The SMILES string of the molecule is CCn1c(-c2c(F)cccc2Br)[c-]ccc1=O.[Y]. The Hall–Kier alpha value is -0.316. The first-order chi connectivity index (χ1) is 8.15. The molecular formula is C13H10BrFNOY-. The summed E-state index contributed by atoms with van der Waals surface area (Å²) in [7, 11) is 0. The Morgan fingerprint density at radius 2 is 2.11 bits per heavy atom. The van der Waals surface area contributed by atoms with Crippen molar-refractivity contribution in [3.63, 3.8) is 0 Å². The molecule has 1 aromatic heterocycles. The first-order valence-corrected chi connectivity index (χ1v) is 6.00. The van der Waals surface area contributed by atoms with Gasteiger partial charge in [-0.25, -0.2) is 4.39 Å². The van der Waals surface area contributed by atoms with E-state index in [1.807, 2.05) is 6.92 Å². The minimum atomic E-state index is -0.372. The maximum atomic E-state index is 13.8. The van der Waals surface area contributed by atoms with Crippen LogP contribution in [-0.4, -0.2) is 4.57 Å². The molecule has 0 aliphatic heterocycles. The Balaban J connectivity index is 0.00000162. The van der Waals surface area contributed by atoms with Crippen molar-refractivity contribution in [1.29, 1.82) is 0 Å². The fourth-order valence-electron chi connectivity index (χ4n) is 1.72. The maximum Gasteiger partial charge on any atom is 0.194 e. The van der Waals surface area contributed by atoms with Crippen LogP contribution in [0.25, 0.3) is 11.3 Å². The summed E-state index contributed by atoms with van der Waals surface area (Å²) in [5, 5.41) is 0. The van der Waals surface area contributed by atoms with Crippen molar-refractivity contribution < 1.29 is 37.1 Å². The number of halogens is 2. The molecule has 0 amide bonds. The molecule has 0 saturated heterocycles. The number of nitrogens with zero attached hydrogens (tertiary/aromatic N) is 1. The normalized spacial score (nSPS) is 9.94. The van der Waals surface area contributed by atoms with Crippen molar-refractivity contribution in [2.24, 2.45) is 0 Å². The molecule has 5 heteroatoms. The Labute approximate surface area is 138 Å². The van der Waals surface area contributed by atoms with E-state index < -0.39 is 0 Å². The molecule has 0 atom stereocenters. The third-order valence-corrected chi connectivity index (χ3v) is 3.16. The van der Waals surface area contributed by atoms with Crippen molar-refractivity contribution in [3.8, 4) is 11.3 Å². The maximum absolute atomic E-state index is 13.8. The van der Waals surface area contributed by atoms with Crippen LogP contribution in [0.4, 0.5) is 4.39 Å². The Morgan fingerprint density at radius 3 is 2.72 bits per heavy atom. The first kappa shape index (κ1) is 15.7. The average molecular weight is 384 g/mol. The van der Waals surface area contributed by atoms with E-state index in [1.54, 1.807) is 12.1 Å². The van der Waals surface area contributed by atoms with Gasteiger partial charge in [0.1, 0.15) is 0 Å². The molecule has 0 aliphatic rings. The number of hydrogen-bond donors (Lipinski definition) is 0. The number of hydrogen-bond acceptors (Lipinski definition) is 1. The van der Waals surface area contributed by atoms with Gasteiger partial charge in [0.25, 0.3) is 0 Å². The second kappa shape index (κ2) is 6.74. The molecule has 0 bridgehead atoms. The number of pyridine rings is 1. The zero-order chi connectivity index (χ0) is 12.4. The van der Waals surface area contributed by atoms with Crippen molar-refractivity contribution in [3.05, 3.63) is 57.0 Å². The topological polar surface area (TPSA) is 22.0 Å². The van der Waals surface area contributed by atoms with Crippen LogP contribution in [0.5, 0.6) is 0 Å². The summed E-state index contributed by atoms with van der Waals surface area (Å²) in [6, 6.07) is 10.6. The summed E-state index contributed by atoms with van der Waals surface area (Å²) in [6.07, 6.45) is 0. The van der Waals surface area contributed by atoms with Gasteiger partial charge in [-0.1, -0.05) is 45.4 Å². The zero-order valence-corrected chi connectivity index (χ0v) is 14.2. The van der Waals surface area contributed by atoms with Crippen molar-refractivity contribution in [1.82, 2.24) is 4.57 Å². The average Bonchev–Trinajstić information content (AvgIpc) is 2.29. The van der Waals surface area contributed by atoms with Crippen LogP contribution in [0.2, 0.25) is 0 Å². The second-order valence-corrected chi connectivity index (χ2v) is 4.36. The molecule has 2 aromatic rings. The van der Waals surface area contributed by atoms with E-state index >= 15 is 0 Å². The van der Waals surface area contributed by atoms with Gasteiger partial charge >= 0.3 is 0 Å². The second-order valence-electron chi connectivity index (χ2n) is 3.51. The molecule has 2 nitrogen and oxygen atoms in total. The van der Waals surface area contributed by atoms with E-state index in [4.69, 9.17) is 0 Å². The molecular weight excluding hydrogens is 374 g/mol. The Morgan fingerprint density at radius 1 is 1.39 bits per heavy atom. The van der Waals surface area contributed by atoms with E-state index in [9.17, 15) is 9.18 Å². The van der Waals surface area contributed by atoms with Gasteiger partial charge in [0.15, 0.2) is 5.56 Å². The molecule has 1 radical (unpaired) electrons. The van der Waals surface area contributed by atoms with Crippen LogP contribution in [0, 0.1) is 11.9 Å². The van der Waals surface area contributed by atoms with Gasteiger partial charge in [0.05, 0.1) is 5.82 Å². The smallest absolute Gasteiger partial charge is 0.194 e. The van der Waals surface area contributed by atoms with Crippen LogP contribution >= 0.6 is 15.9 Å². The summed E-state index contributed by atoms with van der Waals surface area (Å²) < 4.78 is 15.9. The van der Waals surface area contributed by atoms with Crippen molar-refractivity contribution >= 4 is 15.9 Å². The standard InChI is InChI=1S/C13H10BrFNO.Y/c1-2-16-11(7-4-8-12(16)17)13-9(14)5-3-6-10(13)15;/h3-6,8H,2H2,1H3;/q-1;. The molecule has 0 N–H and O–H groups in total. The first-order valence-electron chi connectivity index (χ1n) is 5.21. The molecule has 0 aliphatic carbocycles. The molecule has 0 saturated carbocycles. The quantitative estimate of drug-likeness (QED) is 0.729. The van der Waals surface area contributed by atoms with Gasteiger partial charge in [0, 0.05) is 39.3 Å². The minimum Gasteiger partial charge on any atom is -0.342 e. The third kappa shape index (κ3) is 2.98. The Kier molecular flexibility index (Phi) is 5.89. The summed E-state index contributed by atoms with van der Waals surface area (Å²) in [6.45, 7) is 2.32. The number of benzene rings is 1. The molecule has 2 rings (SSSR count). The fraction of sp³-hybridized carbons (Fsp3) is 0.154. The molecule has 18 heavy (non-hydrogen) atoms. The summed E-state index contributed by atoms with van der Waals surface area (Å²) in [5.41, 5.74) is 0.674.